The van der Waals surface area contributed by atoms with E-state index in [1.165, 1.54) is 10.4 Å². The van der Waals surface area contributed by atoms with Gasteiger partial charge in [0, 0.05) is 25.7 Å². The molecule has 0 radical (unpaired) electrons. The lowest BCUT2D eigenvalue weighted by molar-refractivity contribution is 0.237. The summed E-state index contributed by atoms with van der Waals surface area (Å²) in [4.78, 5) is 11.9. The van der Waals surface area contributed by atoms with Gasteiger partial charge in [0.2, 0.25) is 10.0 Å². The molecule has 0 aliphatic carbocycles. The average molecular weight is 397 g/mol. The monoisotopic (exact) mass is 396 g/mol. The number of nitrogens with one attached hydrogen (secondary N) is 2. The summed E-state index contributed by atoms with van der Waals surface area (Å²) in [7, 11) is -3.53. The van der Waals surface area contributed by atoms with E-state index in [0.717, 1.165) is 11.9 Å². The maximum absolute atomic E-state index is 12.6. The smallest absolute Gasteiger partial charge is 0.315 e. The summed E-state index contributed by atoms with van der Waals surface area (Å²) in [6.07, 6.45) is 0.861. The van der Waals surface area contributed by atoms with Crippen LogP contribution in [0.4, 0.5) is 4.79 Å². The largest absolute Gasteiger partial charge is 0.336 e. The number of carbonyl (C=O) groups is 1. The van der Waals surface area contributed by atoms with E-state index in [-0.39, 0.29) is 17.0 Å². The molecule has 1 heterocycles. The molecule has 0 saturated heterocycles. The highest BCUT2D eigenvalue weighted by molar-refractivity contribution is 7.89. The SMILES string of the molecule is CC[C@@H](C)NC(=O)NCCn1nnc2cc(S(=O)(=O)N(CC)CC)ccc21. The maximum Gasteiger partial charge on any atom is 0.315 e. The van der Waals surface area contributed by atoms with Crippen molar-refractivity contribution in [2.24, 2.45) is 0 Å². The van der Waals surface area contributed by atoms with E-state index in [4.69, 9.17) is 0 Å². The molecule has 27 heavy (non-hydrogen) atoms. The lowest BCUT2D eigenvalue weighted by atomic mass is 10.3. The lowest BCUT2D eigenvalue weighted by Gasteiger charge is -2.18. The van der Waals surface area contributed by atoms with Crippen LogP contribution in [-0.2, 0) is 16.6 Å². The Kier molecular flexibility index (Phi) is 7.14. The van der Waals surface area contributed by atoms with Crippen LogP contribution in [0.1, 0.15) is 34.1 Å². The van der Waals surface area contributed by atoms with Crippen molar-refractivity contribution in [2.45, 2.75) is 51.6 Å². The molecule has 150 valence electrons. The summed E-state index contributed by atoms with van der Waals surface area (Å²) >= 11 is 0. The Morgan fingerprint density at radius 1 is 1.26 bits per heavy atom. The molecule has 0 aliphatic heterocycles. The Morgan fingerprint density at radius 3 is 2.59 bits per heavy atom. The summed E-state index contributed by atoms with van der Waals surface area (Å²) in [5.41, 5.74) is 1.23. The summed E-state index contributed by atoms with van der Waals surface area (Å²) < 4.78 is 28.3. The highest BCUT2D eigenvalue weighted by atomic mass is 32.2. The minimum absolute atomic E-state index is 0.114. The van der Waals surface area contributed by atoms with Crippen LogP contribution in [0.3, 0.4) is 0 Å². The molecule has 9 nitrogen and oxygen atoms in total. The van der Waals surface area contributed by atoms with E-state index in [2.05, 4.69) is 20.9 Å². The third-order valence-corrected chi connectivity index (χ3v) is 6.47. The molecular weight excluding hydrogens is 368 g/mol. The topological polar surface area (TPSA) is 109 Å². The molecule has 1 aromatic heterocycles. The predicted octanol–water partition coefficient (Wildman–Crippen LogP) is 1.56. The first-order chi connectivity index (χ1) is 12.8. The number of aromatic nitrogens is 3. The van der Waals surface area contributed by atoms with Crippen molar-refractivity contribution in [3.63, 3.8) is 0 Å². The Hall–Kier alpha value is -2.20. The number of urea groups is 1. The van der Waals surface area contributed by atoms with Crippen LogP contribution in [0.15, 0.2) is 23.1 Å². The average Bonchev–Trinajstić information content (AvgIpc) is 3.04. The summed E-state index contributed by atoms with van der Waals surface area (Å²) in [6.45, 7) is 9.20. The molecule has 2 rings (SSSR count). The standard InChI is InChI=1S/C17H28N6O3S/c1-5-13(4)19-17(24)18-10-11-23-16-9-8-14(12-15(16)20-21-23)27(25,26)22(6-2)7-3/h8-9,12-13H,5-7,10-11H2,1-4H3,(H2,18,19,24)/t13-/m1/s1. The van der Waals surface area contributed by atoms with Gasteiger partial charge in [-0.3, -0.25) is 0 Å². The second-order valence-electron chi connectivity index (χ2n) is 6.26. The van der Waals surface area contributed by atoms with Crippen LogP contribution in [-0.4, -0.2) is 59.4 Å². The Balaban J connectivity index is 2.09. The number of nitrogens with zero attached hydrogens (tertiary/aromatic N) is 4. The van der Waals surface area contributed by atoms with Gasteiger partial charge in [-0.15, -0.1) is 5.10 Å². The molecule has 0 bridgehead atoms. The van der Waals surface area contributed by atoms with Gasteiger partial charge in [0.05, 0.1) is 17.0 Å². The molecule has 0 aliphatic rings. The zero-order valence-corrected chi connectivity index (χ0v) is 17.1. The summed E-state index contributed by atoms with van der Waals surface area (Å²) in [5, 5.41) is 13.7. The molecule has 10 heteroatoms. The number of benzene rings is 1. The molecule has 0 unspecified atom stereocenters. The van der Waals surface area contributed by atoms with E-state index >= 15 is 0 Å². The van der Waals surface area contributed by atoms with Gasteiger partial charge in [-0.25, -0.2) is 17.9 Å². The zero-order chi connectivity index (χ0) is 20.0. The molecule has 2 amide bonds. The number of amides is 2. The molecule has 0 fully saturated rings. The fourth-order valence-corrected chi connectivity index (χ4v) is 4.12. The normalized spacial score (nSPS) is 13.1. The van der Waals surface area contributed by atoms with Crippen LogP contribution in [0.25, 0.3) is 11.0 Å². The Labute approximate surface area is 160 Å². The van der Waals surface area contributed by atoms with Crippen molar-refractivity contribution in [3.8, 4) is 0 Å². The van der Waals surface area contributed by atoms with Crippen LogP contribution in [0.2, 0.25) is 0 Å². The van der Waals surface area contributed by atoms with Gasteiger partial charge in [-0.05, 0) is 31.5 Å². The fourth-order valence-electron chi connectivity index (χ4n) is 2.64. The van der Waals surface area contributed by atoms with Crippen molar-refractivity contribution in [1.82, 2.24) is 29.9 Å². The highest BCUT2D eigenvalue weighted by Gasteiger charge is 2.22. The minimum Gasteiger partial charge on any atom is -0.336 e. The van der Waals surface area contributed by atoms with Gasteiger partial charge in [0.15, 0.2) is 0 Å². The van der Waals surface area contributed by atoms with E-state index < -0.39 is 10.0 Å². The van der Waals surface area contributed by atoms with Gasteiger partial charge < -0.3 is 10.6 Å². The highest BCUT2D eigenvalue weighted by Crippen LogP contribution is 2.20. The van der Waals surface area contributed by atoms with Gasteiger partial charge in [-0.2, -0.15) is 4.31 Å². The third-order valence-electron chi connectivity index (χ3n) is 4.43. The second-order valence-corrected chi connectivity index (χ2v) is 8.20. The van der Waals surface area contributed by atoms with Crippen molar-refractivity contribution in [2.75, 3.05) is 19.6 Å². The molecule has 0 spiro atoms. The van der Waals surface area contributed by atoms with Gasteiger partial charge in [0.1, 0.15) is 5.52 Å². The predicted molar refractivity (Wildman–Crippen MR) is 104 cm³/mol. The van der Waals surface area contributed by atoms with Gasteiger partial charge in [0.25, 0.3) is 0 Å². The van der Waals surface area contributed by atoms with Crippen LogP contribution in [0.5, 0.6) is 0 Å². The Morgan fingerprint density at radius 2 is 1.96 bits per heavy atom. The maximum atomic E-state index is 12.6. The summed E-state index contributed by atoms with van der Waals surface area (Å²) in [5.74, 6) is 0. The van der Waals surface area contributed by atoms with E-state index in [9.17, 15) is 13.2 Å². The van der Waals surface area contributed by atoms with E-state index in [1.807, 2.05) is 13.8 Å². The third kappa shape index (κ3) is 4.95. The molecule has 1 atom stereocenters. The second kappa shape index (κ2) is 9.14. The summed E-state index contributed by atoms with van der Waals surface area (Å²) in [6, 6.07) is 4.70. The molecular formula is C17H28N6O3S. The number of hydrogen-bond acceptors (Lipinski definition) is 5. The Bertz CT molecular complexity index is 876. The number of sulfonamides is 1. The lowest BCUT2D eigenvalue weighted by Crippen LogP contribution is -2.41. The number of carbonyl (C=O) groups excluding carboxylic acids is 1. The van der Waals surface area contributed by atoms with Crippen molar-refractivity contribution < 1.29 is 13.2 Å². The van der Waals surface area contributed by atoms with Crippen LogP contribution < -0.4 is 10.6 Å². The fraction of sp³-hybridized carbons (Fsp3) is 0.588. The first-order valence-electron chi connectivity index (χ1n) is 9.21. The van der Waals surface area contributed by atoms with Crippen molar-refractivity contribution in [1.29, 1.82) is 0 Å². The van der Waals surface area contributed by atoms with Gasteiger partial charge in [-0.1, -0.05) is 26.0 Å². The van der Waals surface area contributed by atoms with Crippen molar-refractivity contribution >= 4 is 27.1 Å². The van der Waals surface area contributed by atoms with Crippen molar-refractivity contribution in [3.05, 3.63) is 18.2 Å². The number of rotatable bonds is 9. The molecule has 1 aromatic carbocycles. The quantitative estimate of drug-likeness (QED) is 0.668. The molecule has 0 saturated carbocycles. The van der Waals surface area contributed by atoms with Crippen LogP contribution in [0, 0.1) is 0 Å². The van der Waals surface area contributed by atoms with Crippen LogP contribution >= 0.6 is 0 Å². The van der Waals surface area contributed by atoms with E-state index in [0.29, 0.717) is 31.7 Å². The first kappa shape index (κ1) is 21.1. The zero-order valence-electron chi connectivity index (χ0n) is 16.3. The minimum atomic E-state index is -3.53. The molecule has 2 aromatic rings. The van der Waals surface area contributed by atoms with E-state index in [1.54, 1.807) is 30.7 Å². The number of fused-ring (bicyclic) bond motifs is 1. The first-order valence-corrected chi connectivity index (χ1v) is 10.6. The molecule has 2 N–H and O–H groups in total. The number of hydrogen-bond donors (Lipinski definition) is 2. The van der Waals surface area contributed by atoms with Gasteiger partial charge >= 0.3 is 6.03 Å².